The van der Waals surface area contributed by atoms with Gasteiger partial charge in [0.2, 0.25) is 5.79 Å². The van der Waals surface area contributed by atoms with Crippen LogP contribution in [0.25, 0.3) is 0 Å². The van der Waals surface area contributed by atoms with Crippen molar-refractivity contribution in [3.8, 4) is 0 Å². The van der Waals surface area contributed by atoms with Crippen molar-refractivity contribution >= 4 is 0 Å². The third kappa shape index (κ3) is 6.14. The van der Waals surface area contributed by atoms with Crippen LogP contribution in [0.15, 0.2) is 0 Å². The fourth-order valence-electron chi connectivity index (χ4n) is 7.07. The summed E-state index contributed by atoms with van der Waals surface area (Å²) in [6.45, 7) is 0.00491. The Hall–Kier alpha value is -0.800. The lowest BCUT2D eigenvalue weighted by molar-refractivity contribution is -0.403. The Morgan fingerprint density at radius 2 is 1.28 bits per heavy atom. The highest BCUT2D eigenvalue weighted by Gasteiger charge is 2.63. The van der Waals surface area contributed by atoms with Crippen LogP contribution in [0.4, 0.5) is 0 Å². The van der Waals surface area contributed by atoms with Crippen LogP contribution in [0.1, 0.15) is 13.3 Å². The zero-order chi connectivity index (χ0) is 33.9. The molecule has 6 heterocycles. The molecule has 272 valence electrons. The van der Waals surface area contributed by atoms with Crippen LogP contribution >= 0.6 is 0 Å². The van der Waals surface area contributed by atoms with Gasteiger partial charge in [0.15, 0.2) is 18.9 Å². The van der Waals surface area contributed by atoms with Crippen molar-refractivity contribution in [1.82, 2.24) is 0 Å². The van der Waals surface area contributed by atoms with Crippen molar-refractivity contribution in [2.45, 2.75) is 142 Å². The van der Waals surface area contributed by atoms with Gasteiger partial charge in [-0.15, -0.1) is 0 Å². The van der Waals surface area contributed by atoms with Gasteiger partial charge in [-0.1, -0.05) is 6.92 Å². The quantitative estimate of drug-likeness (QED) is 0.102. The summed E-state index contributed by atoms with van der Waals surface area (Å²) in [6.07, 6.45) is -26.9. The molecule has 47 heavy (non-hydrogen) atoms. The summed E-state index contributed by atoms with van der Waals surface area (Å²) < 4.78 is 51.7. The van der Waals surface area contributed by atoms with Crippen molar-refractivity contribution in [1.29, 1.82) is 0 Å². The van der Waals surface area contributed by atoms with Gasteiger partial charge >= 0.3 is 0 Å². The summed E-state index contributed by atoms with van der Waals surface area (Å²) in [4.78, 5) is 0. The highest BCUT2D eigenvalue weighted by Crippen LogP contribution is 2.42. The highest BCUT2D eigenvalue weighted by atomic mass is 16.8. The van der Waals surface area contributed by atoms with E-state index in [1.54, 1.807) is 6.92 Å². The predicted molar refractivity (Wildman–Crippen MR) is 144 cm³/mol. The van der Waals surface area contributed by atoms with Crippen molar-refractivity contribution in [2.75, 3.05) is 26.4 Å². The van der Waals surface area contributed by atoms with Gasteiger partial charge in [0.25, 0.3) is 0 Å². The fourth-order valence-corrected chi connectivity index (χ4v) is 7.07. The maximum atomic E-state index is 11.3. The van der Waals surface area contributed by atoms with E-state index >= 15 is 0 Å². The van der Waals surface area contributed by atoms with Gasteiger partial charge in [0.1, 0.15) is 97.7 Å². The van der Waals surface area contributed by atoms with Crippen LogP contribution in [0, 0.1) is 0 Å². The van der Waals surface area contributed by atoms with Crippen molar-refractivity contribution in [3.63, 3.8) is 0 Å². The Balaban J connectivity index is 1.17. The largest absolute Gasteiger partial charge is 0.394 e. The molecule has 6 aliphatic rings. The molecule has 4 bridgehead atoms. The molecule has 0 radical (unpaired) electrons. The van der Waals surface area contributed by atoms with Gasteiger partial charge in [0.05, 0.1) is 32.5 Å². The van der Waals surface area contributed by atoms with Crippen LogP contribution < -0.4 is 5.73 Å². The lowest BCUT2D eigenvalue weighted by atomic mass is 9.86. The Kier molecular flexibility index (Phi) is 10.8. The standard InChI is InChI=1S/C27H45NO19/c1-2-11(28)27(23(37)14(33)12(31)8(4-30)46-27)47-19-10-6-40-22(19)17(36)26(43-10)45-20-13(32)7(3-29)42-25(16(20)35)44-18-9-5-39-21(18)15(34)24(38)41-9/h7-26,29-38H,2-6,28H2,1H3/t7-,8-,9+,10+,11?,12+,13-,14+,15+,16-,17+,18+,19+,20+,21+,22+,23-,24-,25+,26+,27+/m1/s1. The smallest absolute Gasteiger partial charge is 0.213 e. The molecule has 0 aromatic carbocycles. The van der Waals surface area contributed by atoms with Crippen LogP contribution in [0.5, 0.6) is 0 Å². The number of fused-ring (bicyclic) bond motifs is 4. The summed E-state index contributed by atoms with van der Waals surface area (Å²) in [5.41, 5.74) is 6.29. The second-order valence-electron chi connectivity index (χ2n) is 12.7. The fraction of sp³-hybridized carbons (Fsp3) is 1.00. The van der Waals surface area contributed by atoms with Crippen LogP contribution in [0.3, 0.4) is 0 Å². The number of hydrogen-bond acceptors (Lipinski definition) is 20. The molecular weight excluding hydrogens is 642 g/mol. The van der Waals surface area contributed by atoms with Crippen molar-refractivity contribution in [2.24, 2.45) is 5.73 Å². The molecule has 21 atom stereocenters. The van der Waals surface area contributed by atoms with E-state index in [4.69, 9.17) is 48.4 Å². The molecule has 0 aromatic rings. The van der Waals surface area contributed by atoms with Crippen LogP contribution in [0.2, 0.25) is 0 Å². The topological polar surface area (TPSA) is 311 Å². The van der Waals surface area contributed by atoms with Crippen LogP contribution in [-0.2, 0) is 42.6 Å². The molecule has 6 saturated heterocycles. The Morgan fingerprint density at radius 1 is 0.681 bits per heavy atom. The van der Waals surface area contributed by atoms with E-state index in [1.807, 2.05) is 0 Å². The molecular formula is C27H45NO19. The minimum atomic E-state index is -2.17. The van der Waals surface area contributed by atoms with Gasteiger partial charge in [-0.3, -0.25) is 0 Å². The first-order valence-corrected chi connectivity index (χ1v) is 15.6. The number of hydrogen-bond donors (Lipinski definition) is 11. The van der Waals surface area contributed by atoms with E-state index in [0.29, 0.717) is 0 Å². The molecule has 20 heteroatoms. The van der Waals surface area contributed by atoms with E-state index in [2.05, 4.69) is 0 Å². The van der Waals surface area contributed by atoms with Gasteiger partial charge in [0, 0.05) is 0 Å². The zero-order valence-electron chi connectivity index (χ0n) is 25.3. The molecule has 6 rings (SSSR count). The third-order valence-electron chi connectivity index (χ3n) is 9.82. The average Bonchev–Trinajstić information content (AvgIpc) is 3.55. The Bertz CT molecular complexity index is 1060. The summed E-state index contributed by atoms with van der Waals surface area (Å²) in [7, 11) is 0. The number of ether oxygens (including phenoxy) is 9. The predicted octanol–water partition coefficient (Wildman–Crippen LogP) is -7.55. The maximum Gasteiger partial charge on any atom is 0.213 e. The summed E-state index contributed by atoms with van der Waals surface area (Å²) in [6, 6.07) is -1.10. The summed E-state index contributed by atoms with van der Waals surface area (Å²) >= 11 is 0. The minimum Gasteiger partial charge on any atom is -0.394 e. The van der Waals surface area contributed by atoms with E-state index < -0.39 is 142 Å². The van der Waals surface area contributed by atoms with Crippen molar-refractivity contribution < 1.29 is 93.7 Å². The lowest BCUT2D eigenvalue weighted by Crippen LogP contribution is -2.73. The SMILES string of the molecule is CCC(N)[C@@]1(O[C@@H]2[C@H]3OC[C@@H]2O[C@@H](O[C@@H]2[C@@H](O)[C@H](O[C@@H]4[C@H]5OC[C@@H]4O[C@@H](O)[C@H]5O)O[C@H](CO)[C@H]2O)[C@H]3O)O[C@H](CO)[C@H](O)[C@H](O)[C@H]1O. The Morgan fingerprint density at radius 3 is 1.91 bits per heavy atom. The molecule has 12 N–H and O–H groups in total. The van der Waals surface area contributed by atoms with Gasteiger partial charge in [-0.25, -0.2) is 0 Å². The minimum absolute atomic E-state index is 0.0287. The van der Waals surface area contributed by atoms with Gasteiger partial charge < -0.3 is 99.4 Å². The summed E-state index contributed by atoms with van der Waals surface area (Å²) in [5.74, 6) is -2.17. The summed E-state index contributed by atoms with van der Waals surface area (Å²) in [5, 5.41) is 105. The monoisotopic (exact) mass is 687 g/mol. The van der Waals surface area contributed by atoms with Crippen LogP contribution in [-0.4, -0.2) is 206 Å². The number of nitrogens with two attached hydrogens (primary N) is 1. The first-order chi connectivity index (χ1) is 22.4. The molecule has 0 saturated carbocycles. The normalized spacial score (nSPS) is 55.3. The van der Waals surface area contributed by atoms with Gasteiger partial charge in [-0.05, 0) is 6.42 Å². The lowest BCUT2D eigenvalue weighted by Gasteiger charge is -2.53. The number of aliphatic hydroxyl groups excluding tert-OH is 10. The Labute approximate surface area is 267 Å². The molecule has 0 amide bonds. The first kappa shape index (κ1) is 36.0. The van der Waals surface area contributed by atoms with E-state index in [9.17, 15) is 51.1 Å². The van der Waals surface area contributed by atoms with Crippen molar-refractivity contribution in [3.05, 3.63) is 0 Å². The number of aliphatic hydroxyl groups is 10. The van der Waals surface area contributed by atoms with E-state index in [-0.39, 0.29) is 19.6 Å². The average molecular weight is 688 g/mol. The molecule has 6 aliphatic heterocycles. The second-order valence-corrected chi connectivity index (χ2v) is 12.7. The molecule has 0 spiro atoms. The first-order valence-electron chi connectivity index (χ1n) is 15.6. The molecule has 1 unspecified atom stereocenters. The zero-order valence-corrected chi connectivity index (χ0v) is 25.3. The van der Waals surface area contributed by atoms with E-state index in [1.165, 1.54) is 0 Å². The van der Waals surface area contributed by atoms with E-state index in [0.717, 1.165) is 0 Å². The third-order valence-corrected chi connectivity index (χ3v) is 9.82. The highest BCUT2D eigenvalue weighted by molar-refractivity contribution is 5.06. The molecule has 20 nitrogen and oxygen atoms in total. The molecule has 6 fully saturated rings. The van der Waals surface area contributed by atoms with Gasteiger partial charge in [-0.2, -0.15) is 0 Å². The number of rotatable bonds is 10. The molecule has 0 aromatic heterocycles. The molecule has 0 aliphatic carbocycles. The second kappa shape index (κ2) is 14.1. The maximum absolute atomic E-state index is 11.3.